The van der Waals surface area contributed by atoms with Gasteiger partial charge in [-0.2, -0.15) is 0 Å². The molecule has 31 heavy (non-hydrogen) atoms. The van der Waals surface area contributed by atoms with Gasteiger partial charge in [-0.05, 0) is 49.7 Å². The summed E-state index contributed by atoms with van der Waals surface area (Å²) in [5.41, 5.74) is 1.95. The number of ether oxygens (including phenoxy) is 3. The van der Waals surface area contributed by atoms with Gasteiger partial charge in [0, 0.05) is 21.2 Å². The highest BCUT2D eigenvalue weighted by Crippen LogP contribution is 2.37. The van der Waals surface area contributed by atoms with Crippen LogP contribution in [0, 0.1) is 6.92 Å². The molecule has 0 aliphatic carbocycles. The van der Waals surface area contributed by atoms with Gasteiger partial charge in [0.15, 0.2) is 11.5 Å². The highest BCUT2D eigenvalue weighted by molar-refractivity contribution is 7.15. The van der Waals surface area contributed by atoms with Gasteiger partial charge in [-0.15, -0.1) is 11.3 Å². The van der Waals surface area contributed by atoms with E-state index in [9.17, 15) is 0 Å². The molecule has 2 aromatic heterocycles. The van der Waals surface area contributed by atoms with Gasteiger partial charge in [0.1, 0.15) is 17.4 Å². The molecule has 1 atom stereocenters. The van der Waals surface area contributed by atoms with E-state index in [0.717, 1.165) is 28.0 Å². The molecule has 2 aromatic carbocycles. The Morgan fingerprint density at radius 1 is 0.903 bits per heavy atom. The molecule has 4 rings (SSSR count). The summed E-state index contributed by atoms with van der Waals surface area (Å²) in [6.07, 6.45) is 0. The lowest BCUT2D eigenvalue weighted by Crippen LogP contribution is -2.08. The maximum absolute atomic E-state index is 5.47. The van der Waals surface area contributed by atoms with E-state index in [1.54, 1.807) is 32.7 Å². The molecule has 0 fully saturated rings. The lowest BCUT2D eigenvalue weighted by Gasteiger charge is -2.16. The average molecular weight is 436 g/mol. The predicted molar refractivity (Wildman–Crippen MR) is 126 cm³/mol. The number of benzene rings is 2. The van der Waals surface area contributed by atoms with Crippen LogP contribution < -0.4 is 19.5 Å². The van der Waals surface area contributed by atoms with Crippen molar-refractivity contribution in [2.45, 2.75) is 19.9 Å². The Kier molecular flexibility index (Phi) is 5.95. The summed E-state index contributed by atoms with van der Waals surface area (Å²) in [4.78, 5) is 11.6. The first kappa shape index (κ1) is 20.9. The first-order valence-corrected chi connectivity index (χ1v) is 10.7. The van der Waals surface area contributed by atoms with Crippen LogP contribution in [0.5, 0.6) is 17.2 Å². The van der Waals surface area contributed by atoms with Crippen LogP contribution in [0.25, 0.3) is 21.3 Å². The Hall–Kier alpha value is -3.32. The second-order valence-electron chi connectivity index (χ2n) is 7.14. The van der Waals surface area contributed by atoms with E-state index in [2.05, 4.69) is 46.5 Å². The van der Waals surface area contributed by atoms with Crippen molar-refractivity contribution >= 4 is 28.1 Å². The zero-order valence-electron chi connectivity index (χ0n) is 18.2. The second kappa shape index (κ2) is 8.81. The molecule has 0 radical (unpaired) electrons. The third kappa shape index (κ3) is 4.27. The molecule has 160 valence electrons. The minimum atomic E-state index is 0.0648. The van der Waals surface area contributed by atoms with Crippen molar-refractivity contribution in [1.29, 1.82) is 0 Å². The van der Waals surface area contributed by atoms with E-state index in [4.69, 9.17) is 14.2 Å². The molecule has 1 N–H and O–H groups in total. The Morgan fingerprint density at radius 3 is 2.42 bits per heavy atom. The Labute approximate surface area is 185 Å². The molecule has 0 spiro atoms. The summed E-state index contributed by atoms with van der Waals surface area (Å²) in [5, 5.41) is 4.44. The maximum atomic E-state index is 5.47. The van der Waals surface area contributed by atoms with Crippen LogP contribution in [-0.4, -0.2) is 31.3 Å². The number of nitrogens with one attached hydrogen (secondary N) is 1. The van der Waals surface area contributed by atoms with Crippen molar-refractivity contribution < 1.29 is 14.2 Å². The molecule has 0 amide bonds. The van der Waals surface area contributed by atoms with Crippen molar-refractivity contribution in [1.82, 2.24) is 9.97 Å². The van der Waals surface area contributed by atoms with Gasteiger partial charge in [-0.1, -0.05) is 12.1 Å². The Morgan fingerprint density at radius 2 is 1.68 bits per heavy atom. The largest absolute Gasteiger partial charge is 0.497 e. The average Bonchev–Trinajstić information content (AvgIpc) is 3.28. The van der Waals surface area contributed by atoms with E-state index < -0.39 is 0 Å². The minimum absolute atomic E-state index is 0.0648. The number of fused-ring (bicyclic) bond motifs is 1. The van der Waals surface area contributed by atoms with Crippen LogP contribution in [-0.2, 0) is 0 Å². The minimum Gasteiger partial charge on any atom is -0.497 e. The lowest BCUT2D eigenvalue weighted by molar-refractivity contribution is 0.356. The summed E-state index contributed by atoms with van der Waals surface area (Å²) >= 11 is 1.75. The summed E-state index contributed by atoms with van der Waals surface area (Å²) in [7, 11) is 4.93. The highest BCUT2D eigenvalue weighted by Gasteiger charge is 2.16. The van der Waals surface area contributed by atoms with Crippen molar-refractivity contribution in [2.75, 3.05) is 26.6 Å². The monoisotopic (exact) mass is 435 g/mol. The molecule has 7 heteroatoms. The van der Waals surface area contributed by atoms with Crippen molar-refractivity contribution in [3.8, 4) is 27.7 Å². The highest BCUT2D eigenvalue weighted by atomic mass is 32.1. The number of rotatable bonds is 7. The second-order valence-corrected chi connectivity index (χ2v) is 8.26. The summed E-state index contributed by atoms with van der Waals surface area (Å²) in [5.74, 6) is 3.61. The van der Waals surface area contributed by atoms with Crippen molar-refractivity contribution in [3.05, 3.63) is 59.2 Å². The van der Waals surface area contributed by atoms with Gasteiger partial charge in [0.05, 0.1) is 32.9 Å². The van der Waals surface area contributed by atoms with E-state index in [1.165, 1.54) is 9.75 Å². The maximum Gasteiger partial charge on any atom is 0.162 e. The molecule has 0 saturated heterocycles. The normalized spacial score (nSPS) is 11.9. The summed E-state index contributed by atoms with van der Waals surface area (Å²) < 4.78 is 16.3. The van der Waals surface area contributed by atoms with Crippen molar-refractivity contribution in [2.24, 2.45) is 0 Å². The molecular formula is C24H25N3O3S. The number of nitrogens with zero attached hydrogens (tertiary/aromatic N) is 2. The van der Waals surface area contributed by atoms with Gasteiger partial charge in [-0.25, -0.2) is 9.97 Å². The fraction of sp³-hybridized carbons (Fsp3) is 0.250. The molecule has 4 aromatic rings. The fourth-order valence-electron chi connectivity index (χ4n) is 3.48. The fourth-order valence-corrected chi connectivity index (χ4v) is 4.48. The quantitative estimate of drug-likeness (QED) is 0.392. The Bertz CT molecular complexity index is 1220. The Balaban J connectivity index is 1.65. The molecular weight excluding hydrogens is 410 g/mol. The van der Waals surface area contributed by atoms with Gasteiger partial charge < -0.3 is 19.5 Å². The van der Waals surface area contributed by atoms with Gasteiger partial charge in [0.25, 0.3) is 0 Å². The van der Waals surface area contributed by atoms with Crippen LogP contribution in [0.4, 0.5) is 5.82 Å². The van der Waals surface area contributed by atoms with E-state index in [1.807, 2.05) is 31.2 Å². The van der Waals surface area contributed by atoms with E-state index in [-0.39, 0.29) is 6.04 Å². The van der Waals surface area contributed by atoms with E-state index in [0.29, 0.717) is 17.3 Å². The standard InChI is InChI=1S/C24H25N3O3S/c1-14(22-9-10-23(31-22)16-7-6-8-17(11-16)28-3)25-24-18-12-20(29-4)21(30-5)13-19(18)26-15(2)27-24/h6-14H,1-5H3,(H,25,26,27)/t14-/m0/s1. The first-order chi connectivity index (χ1) is 15.0. The third-order valence-electron chi connectivity index (χ3n) is 5.07. The smallest absolute Gasteiger partial charge is 0.162 e. The number of aromatic nitrogens is 2. The topological polar surface area (TPSA) is 65.5 Å². The molecule has 0 saturated carbocycles. The molecule has 0 aliphatic heterocycles. The zero-order chi connectivity index (χ0) is 22.0. The van der Waals surface area contributed by atoms with Gasteiger partial charge in [0.2, 0.25) is 0 Å². The molecule has 2 heterocycles. The number of aryl methyl sites for hydroxylation is 1. The number of thiophene rings is 1. The van der Waals surface area contributed by atoms with E-state index >= 15 is 0 Å². The van der Waals surface area contributed by atoms with Gasteiger partial charge in [-0.3, -0.25) is 0 Å². The number of hydrogen-bond donors (Lipinski definition) is 1. The lowest BCUT2D eigenvalue weighted by atomic mass is 10.1. The molecule has 6 nitrogen and oxygen atoms in total. The van der Waals surface area contributed by atoms with Crippen molar-refractivity contribution in [3.63, 3.8) is 0 Å². The zero-order valence-corrected chi connectivity index (χ0v) is 19.0. The van der Waals surface area contributed by atoms with Crippen LogP contribution in [0.15, 0.2) is 48.5 Å². The van der Waals surface area contributed by atoms with Crippen LogP contribution in [0.1, 0.15) is 23.7 Å². The molecule has 0 aliphatic rings. The first-order valence-electron chi connectivity index (χ1n) is 9.93. The molecule has 0 bridgehead atoms. The summed E-state index contributed by atoms with van der Waals surface area (Å²) in [6, 6.07) is 16.3. The van der Waals surface area contributed by atoms with Crippen LogP contribution in [0.3, 0.4) is 0 Å². The van der Waals surface area contributed by atoms with Gasteiger partial charge >= 0.3 is 0 Å². The van der Waals surface area contributed by atoms with Crippen LogP contribution >= 0.6 is 11.3 Å². The number of methoxy groups -OCH3 is 3. The number of hydrogen-bond acceptors (Lipinski definition) is 7. The predicted octanol–water partition coefficient (Wildman–Crippen LogP) is 5.87. The summed E-state index contributed by atoms with van der Waals surface area (Å²) in [6.45, 7) is 4.02. The molecule has 0 unspecified atom stereocenters. The number of anilines is 1. The third-order valence-corrected chi connectivity index (χ3v) is 6.39. The van der Waals surface area contributed by atoms with Crippen LogP contribution in [0.2, 0.25) is 0 Å². The SMILES string of the molecule is COc1cccc(-c2ccc([C@H](C)Nc3nc(C)nc4cc(OC)c(OC)cc34)s2)c1.